The molecule has 16 heavy (non-hydrogen) atoms. The van der Waals surface area contributed by atoms with Gasteiger partial charge in [0.2, 0.25) is 0 Å². The molecule has 0 aliphatic rings. The zero-order valence-corrected chi connectivity index (χ0v) is 9.87. The molecule has 1 rings (SSSR count). The molecule has 0 aromatic heterocycles. The number of benzene rings is 1. The summed E-state index contributed by atoms with van der Waals surface area (Å²) in [7, 11) is 3.86. The molecule has 1 atom stereocenters. The molecule has 0 spiro atoms. The molecule has 0 saturated carbocycles. The Hall–Kier alpha value is -1.00. The van der Waals surface area contributed by atoms with Gasteiger partial charge in [-0.15, -0.1) is 0 Å². The monoisotopic (exact) mass is 228 g/mol. The molecule has 0 radical (unpaired) electrons. The molecule has 0 aliphatic heterocycles. The van der Waals surface area contributed by atoms with Gasteiger partial charge in [0, 0.05) is 6.54 Å². The minimum absolute atomic E-state index is 0.474. The summed E-state index contributed by atoms with van der Waals surface area (Å²) in [5.74, 6) is 0. The third kappa shape index (κ3) is 3.00. The Labute approximate surface area is 95.1 Å². The maximum Gasteiger partial charge on any atom is 0.260 e. The van der Waals surface area contributed by atoms with E-state index in [1.807, 2.05) is 25.1 Å². The van der Waals surface area contributed by atoms with Crippen molar-refractivity contribution in [2.75, 3.05) is 14.1 Å². The SMILES string of the molecule is CN(C)Cc1cccc(C(C)(N)C(F)F)c1. The molecule has 0 amide bonds. The Morgan fingerprint density at radius 3 is 2.50 bits per heavy atom. The second kappa shape index (κ2) is 4.89. The molecule has 2 nitrogen and oxygen atoms in total. The standard InChI is InChI=1S/C12H18F2N2/c1-12(15,11(13)14)10-6-4-5-9(7-10)8-16(2)3/h4-7,11H,8,15H2,1-3H3. The average molecular weight is 228 g/mol. The molecular formula is C12H18F2N2. The van der Waals surface area contributed by atoms with E-state index >= 15 is 0 Å². The van der Waals surface area contributed by atoms with Crippen LogP contribution >= 0.6 is 0 Å². The first kappa shape index (κ1) is 13.1. The van der Waals surface area contributed by atoms with Crippen LogP contribution in [0.1, 0.15) is 18.1 Å². The largest absolute Gasteiger partial charge is 0.317 e. The van der Waals surface area contributed by atoms with Crippen LogP contribution in [0, 0.1) is 0 Å². The van der Waals surface area contributed by atoms with Gasteiger partial charge in [-0.25, -0.2) is 8.78 Å². The summed E-state index contributed by atoms with van der Waals surface area (Å²) in [5.41, 5.74) is 5.50. The number of nitrogens with two attached hydrogens (primary N) is 1. The van der Waals surface area contributed by atoms with Gasteiger partial charge in [-0.3, -0.25) is 0 Å². The number of hydrogen-bond donors (Lipinski definition) is 1. The fraction of sp³-hybridized carbons (Fsp3) is 0.500. The molecular weight excluding hydrogens is 210 g/mol. The van der Waals surface area contributed by atoms with Crippen LogP contribution in [0.3, 0.4) is 0 Å². The number of halogens is 2. The van der Waals surface area contributed by atoms with Crippen molar-refractivity contribution in [3.8, 4) is 0 Å². The Morgan fingerprint density at radius 1 is 1.38 bits per heavy atom. The molecule has 0 fully saturated rings. The number of hydrogen-bond acceptors (Lipinski definition) is 2. The topological polar surface area (TPSA) is 29.3 Å². The zero-order valence-electron chi connectivity index (χ0n) is 9.87. The van der Waals surface area contributed by atoms with E-state index < -0.39 is 12.0 Å². The Kier molecular flexibility index (Phi) is 3.99. The van der Waals surface area contributed by atoms with Crippen LogP contribution in [0.2, 0.25) is 0 Å². The van der Waals surface area contributed by atoms with E-state index in [-0.39, 0.29) is 0 Å². The molecule has 0 bridgehead atoms. The smallest absolute Gasteiger partial charge is 0.260 e. The molecule has 4 heteroatoms. The second-order valence-electron chi connectivity index (χ2n) is 4.52. The van der Waals surface area contributed by atoms with Crippen molar-refractivity contribution in [2.24, 2.45) is 5.73 Å². The van der Waals surface area contributed by atoms with Gasteiger partial charge in [-0.2, -0.15) is 0 Å². The summed E-state index contributed by atoms with van der Waals surface area (Å²) in [6.07, 6.45) is -2.57. The van der Waals surface area contributed by atoms with E-state index in [0.717, 1.165) is 5.56 Å². The van der Waals surface area contributed by atoms with Crippen molar-refractivity contribution in [1.82, 2.24) is 4.90 Å². The Morgan fingerprint density at radius 2 is 2.00 bits per heavy atom. The van der Waals surface area contributed by atoms with Crippen LogP contribution < -0.4 is 5.73 Å². The highest BCUT2D eigenvalue weighted by Gasteiger charge is 2.32. The molecule has 1 unspecified atom stereocenters. The van der Waals surface area contributed by atoms with Crippen molar-refractivity contribution in [2.45, 2.75) is 25.4 Å². The summed E-state index contributed by atoms with van der Waals surface area (Å²) in [5, 5.41) is 0. The van der Waals surface area contributed by atoms with Crippen LogP contribution in [0.15, 0.2) is 24.3 Å². The van der Waals surface area contributed by atoms with E-state index in [4.69, 9.17) is 5.73 Å². The lowest BCUT2D eigenvalue weighted by molar-refractivity contribution is 0.0625. The predicted octanol–water partition coefficient (Wildman–Crippen LogP) is 2.19. The highest BCUT2D eigenvalue weighted by Crippen LogP contribution is 2.25. The van der Waals surface area contributed by atoms with Gasteiger partial charge >= 0.3 is 0 Å². The normalized spacial score (nSPS) is 15.5. The summed E-state index contributed by atoms with van der Waals surface area (Å²) in [6, 6.07) is 7.06. The maximum atomic E-state index is 12.8. The van der Waals surface area contributed by atoms with E-state index in [0.29, 0.717) is 12.1 Å². The second-order valence-corrected chi connectivity index (χ2v) is 4.52. The summed E-state index contributed by atoms with van der Waals surface area (Å²) in [4.78, 5) is 1.98. The first-order valence-corrected chi connectivity index (χ1v) is 5.15. The van der Waals surface area contributed by atoms with Gasteiger partial charge in [-0.05, 0) is 32.1 Å². The first-order valence-electron chi connectivity index (χ1n) is 5.15. The van der Waals surface area contributed by atoms with Crippen molar-refractivity contribution in [3.05, 3.63) is 35.4 Å². The molecule has 0 saturated heterocycles. The van der Waals surface area contributed by atoms with Gasteiger partial charge in [0.15, 0.2) is 0 Å². The predicted molar refractivity (Wildman–Crippen MR) is 61.4 cm³/mol. The summed E-state index contributed by atoms with van der Waals surface area (Å²) < 4.78 is 25.5. The number of alkyl halides is 2. The van der Waals surface area contributed by atoms with E-state index in [1.54, 1.807) is 18.2 Å². The van der Waals surface area contributed by atoms with Crippen LogP contribution in [-0.2, 0) is 12.1 Å². The number of rotatable bonds is 4. The van der Waals surface area contributed by atoms with Crippen LogP contribution in [0.4, 0.5) is 8.78 Å². The van der Waals surface area contributed by atoms with Crippen LogP contribution in [0.5, 0.6) is 0 Å². The third-order valence-corrected chi connectivity index (χ3v) is 2.50. The zero-order chi connectivity index (χ0) is 12.3. The van der Waals surface area contributed by atoms with Gasteiger partial charge in [0.1, 0.15) is 0 Å². The lowest BCUT2D eigenvalue weighted by atomic mass is 9.92. The molecule has 1 aromatic rings. The molecule has 2 N–H and O–H groups in total. The van der Waals surface area contributed by atoms with E-state index in [1.165, 1.54) is 6.92 Å². The highest BCUT2D eigenvalue weighted by atomic mass is 19.3. The van der Waals surface area contributed by atoms with Crippen molar-refractivity contribution in [1.29, 1.82) is 0 Å². The molecule has 0 heterocycles. The quantitative estimate of drug-likeness (QED) is 0.856. The van der Waals surface area contributed by atoms with Crippen molar-refractivity contribution < 1.29 is 8.78 Å². The van der Waals surface area contributed by atoms with Gasteiger partial charge < -0.3 is 10.6 Å². The Balaban J connectivity index is 2.98. The minimum atomic E-state index is -2.57. The lowest BCUT2D eigenvalue weighted by Crippen LogP contribution is -2.40. The molecule has 1 aromatic carbocycles. The van der Waals surface area contributed by atoms with Gasteiger partial charge in [-0.1, -0.05) is 24.3 Å². The van der Waals surface area contributed by atoms with Gasteiger partial charge in [0.05, 0.1) is 5.54 Å². The summed E-state index contributed by atoms with van der Waals surface area (Å²) in [6.45, 7) is 2.07. The fourth-order valence-electron chi connectivity index (χ4n) is 1.50. The Bertz CT molecular complexity index is 349. The van der Waals surface area contributed by atoms with Crippen LogP contribution in [-0.4, -0.2) is 25.4 Å². The molecule has 0 aliphatic carbocycles. The average Bonchev–Trinajstić information content (AvgIpc) is 2.16. The third-order valence-electron chi connectivity index (χ3n) is 2.50. The lowest BCUT2D eigenvalue weighted by Gasteiger charge is -2.25. The van der Waals surface area contributed by atoms with Crippen molar-refractivity contribution >= 4 is 0 Å². The molecule has 90 valence electrons. The minimum Gasteiger partial charge on any atom is -0.317 e. The summed E-state index contributed by atoms with van der Waals surface area (Å²) >= 11 is 0. The van der Waals surface area contributed by atoms with Crippen molar-refractivity contribution in [3.63, 3.8) is 0 Å². The van der Waals surface area contributed by atoms with E-state index in [2.05, 4.69) is 0 Å². The fourth-order valence-corrected chi connectivity index (χ4v) is 1.50. The van der Waals surface area contributed by atoms with E-state index in [9.17, 15) is 8.78 Å². The van der Waals surface area contributed by atoms with Crippen LogP contribution in [0.25, 0.3) is 0 Å². The van der Waals surface area contributed by atoms with Gasteiger partial charge in [0.25, 0.3) is 6.43 Å². The maximum absolute atomic E-state index is 12.8. The number of nitrogens with zero attached hydrogens (tertiary/aromatic N) is 1. The highest BCUT2D eigenvalue weighted by molar-refractivity contribution is 5.29. The first-order chi connectivity index (χ1) is 7.34.